The molecule has 3 aromatic heterocycles. The van der Waals surface area contributed by atoms with Crippen molar-refractivity contribution < 1.29 is 4.74 Å². The van der Waals surface area contributed by atoms with Gasteiger partial charge in [-0.3, -0.25) is 0 Å². The van der Waals surface area contributed by atoms with Crippen molar-refractivity contribution in [2.45, 2.75) is 45.9 Å². The number of nitrogens with zero attached hydrogens (tertiary/aromatic N) is 6. The standard InChI is InChI=1S/C18H19N7O.C2H6/c19-18-20-6-11(7-21-18)13-5-14-16(24-1-2-26-9-15(24)22-14)17(23-13)25-8-10-3-12(25)4-10;1-2/h5-7,10,12H,1-4,8-9H2,(H2,19,20,21);1-2H3. The summed E-state index contributed by atoms with van der Waals surface area (Å²) in [4.78, 5) is 20.6. The van der Waals surface area contributed by atoms with Crippen molar-refractivity contribution in [1.82, 2.24) is 24.5 Å². The van der Waals surface area contributed by atoms with Crippen molar-refractivity contribution in [2.24, 2.45) is 5.92 Å². The number of hydrogen-bond donors (Lipinski definition) is 1. The van der Waals surface area contributed by atoms with Gasteiger partial charge in [0.05, 0.1) is 17.8 Å². The zero-order chi connectivity index (χ0) is 19.3. The monoisotopic (exact) mass is 379 g/mol. The van der Waals surface area contributed by atoms with E-state index in [1.54, 1.807) is 12.4 Å². The Morgan fingerprint density at radius 2 is 1.93 bits per heavy atom. The van der Waals surface area contributed by atoms with Crippen LogP contribution in [-0.2, 0) is 17.9 Å². The number of anilines is 2. The number of nitrogens with two attached hydrogens (primary N) is 1. The van der Waals surface area contributed by atoms with E-state index in [9.17, 15) is 0 Å². The van der Waals surface area contributed by atoms with Crippen molar-refractivity contribution in [2.75, 3.05) is 23.8 Å². The average Bonchev–Trinajstić information content (AvgIpc) is 3.41. The predicted molar refractivity (Wildman–Crippen MR) is 108 cm³/mol. The summed E-state index contributed by atoms with van der Waals surface area (Å²) in [5, 5.41) is 0. The highest BCUT2D eigenvalue weighted by atomic mass is 16.5. The lowest BCUT2D eigenvalue weighted by Crippen LogP contribution is -2.30. The Hall–Kier alpha value is -2.74. The molecule has 7 rings (SSSR count). The van der Waals surface area contributed by atoms with Crippen LogP contribution < -0.4 is 10.6 Å². The highest BCUT2D eigenvalue weighted by molar-refractivity contribution is 5.91. The molecule has 8 nitrogen and oxygen atoms in total. The second kappa shape index (κ2) is 6.70. The molecule has 6 heterocycles. The van der Waals surface area contributed by atoms with Gasteiger partial charge in [0.1, 0.15) is 17.9 Å². The molecule has 2 N–H and O–H groups in total. The van der Waals surface area contributed by atoms with E-state index in [-0.39, 0.29) is 5.95 Å². The van der Waals surface area contributed by atoms with Crippen molar-refractivity contribution in [3.63, 3.8) is 0 Å². The van der Waals surface area contributed by atoms with E-state index in [2.05, 4.69) is 19.4 Å². The van der Waals surface area contributed by atoms with Gasteiger partial charge < -0.3 is 19.9 Å². The van der Waals surface area contributed by atoms with E-state index < -0.39 is 0 Å². The van der Waals surface area contributed by atoms with E-state index in [0.717, 1.165) is 59.5 Å². The van der Waals surface area contributed by atoms with Crippen molar-refractivity contribution in [1.29, 1.82) is 0 Å². The Morgan fingerprint density at radius 3 is 2.64 bits per heavy atom. The number of hydrogen-bond acceptors (Lipinski definition) is 7. The van der Waals surface area contributed by atoms with Crippen LogP contribution in [0, 0.1) is 5.92 Å². The summed E-state index contributed by atoms with van der Waals surface area (Å²) in [6, 6.07) is 2.64. The molecule has 3 fully saturated rings. The largest absolute Gasteiger partial charge is 0.372 e. The van der Waals surface area contributed by atoms with Gasteiger partial charge in [0.25, 0.3) is 0 Å². The summed E-state index contributed by atoms with van der Waals surface area (Å²) in [5.41, 5.74) is 9.43. The Labute approximate surface area is 163 Å². The summed E-state index contributed by atoms with van der Waals surface area (Å²) in [7, 11) is 0. The van der Waals surface area contributed by atoms with Crippen LogP contribution in [0.25, 0.3) is 22.3 Å². The molecule has 1 saturated carbocycles. The number of pyridine rings is 1. The van der Waals surface area contributed by atoms with E-state index in [4.69, 9.17) is 20.4 Å². The molecule has 0 spiro atoms. The van der Waals surface area contributed by atoms with Gasteiger partial charge in [-0.2, -0.15) is 0 Å². The maximum absolute atomic E-state index is 5.63. The number of nitrogen functional groups attached to an aromatic ring is 1. The lowest BCUT2D eigenvalue weighted by Gasteiger charge is -2.28. The second-order valence-corrected chi connectivity index (χ2v) is 7.40. The van der Waals surface area contributed by atoms with Crippen LogP contribution in [0.3, 0.4) is 0 Å². The summed E-state index contributed by atoms with van der Waals surface area (Å²) in [6.07, 6.45) is 6.01. The maximum Gasteiger partial charge on any atom is 0.219 e. The van der Waals surface area contributed by atoms with Crippen LogP contribution in [-0.4, -0.2) is 43.7 Å². The van der Waals surface area contributed by atoms with E-state index in [1.807, 2.05) is 19.9 Å². The molecule has 1 aliphatic carbocycles. The first-order valence-electron chi connectivity index (χ1n) is 10.1. The van der Waals surface area contributed by atoms with Gasteiger partial charge in [0.15, 0.2) is 5.82 Å². The summed E-state index contributed by atoms with van der Waals surface area (Å²) in [6.45, 7) is 7.19. The van der Waals surface area contributed by atoms with Gasteiger partial charge in [-0.1, -0.05) is 13.8 Å². The summed E-state index contributed by atoms with van der Waals surface area (Å²) >= 11 is 0. The molecule has 146 valence electrons. The molecule has 0 unspecified atom stereocenters. The number of fused-ring (bicyclic) bond motifs is 4. The van der Waals surface area contributed by atoms with Crippen LogP contribution in [0.2, 0.25) is 0 Å². The van der Waals surface area contributed by atoms with Crippen molar-refractivity contribution in [3.8, 4) is 11.3 Å². The first-order chi connectivity index (χ1) is 13.8. The first kappa shape index (κ1) is 17.4. The molecular formula is C20H25N7O. The normalized spacial score (nSPS) is 22.4. The lowest BCUT2D eigenvalue weighted by molar-refractivity contribution is 0.0830. The van der Waals surface area contributed by atoms with Gasteiger partial charge in [0.2, 0.25) is 5.95 Å². The fourth-order valence-electron chi connectivity index (χ4n) is 4.46. The fraction of sp³-hybridized carbons (Fsp3) is 0.500. The molecule has 0 aromatic carbocycles. The molecule has 0 radical (unpaired) electrons. The highest BCUT2D eigenvalue weighted by Crippen LogP contribution is 2.45. The molecule has 2 saturated heterocycles. The summed E-state index contributed by atoms with van der Waals surface area (Å²) < 4.78 is 7.87. The molecule has 0 amide bonds. The van der Waals surface area contributed by atoms with Crippen LogP contribution in [0.5, 0.6) is 0 Å². The lowest BCUT2D eigenvalue weighted by atomic mass is 9.86. The van der Waals surface area contributed by atoms with Gasteiger partial charge in [0, 0.05) is 37.1 Å². The third kappa shape index (κ3) is 2.63. The Morgan fingerprint density at radius 1 is 1.14 bits per heavy atom. The molecule has 8 heteroatoms. The first-order valence-corrected chi connectivity index (χ1v) is 10.1. The van der Waals surface area contributed by atoms with Gasteiger partial charge in [-0.25, -0.2) is 19.9 Å². The van der Waals surface area contributed by atoms with Crippen LogP contribution in [0.1, 0.15) is 32.5 Å². The topological polar surface area (TPSA) is 95.0 Å². The van der Waals surface area contributed by atoms with E-state index in [0.29, 0.717) is 12.6 Å². The molecule has 3 aliphatic heterocycles. The Balaban J connectivity index is 0.000000829. The minimum Gasteiger partial charge on any atom is -0.372 e. The fourth-order valence-corrected chi connectivity index (χ4v) is 4.46. The predicted octanol–water partition coefficient (Wildman–Crippen LogP) is 2.63. The number of rotatable bonds is 2. The zero-order valence-electron chi connectivity index (χ0n) is 16.3. The van der Waals surface area contributed by atoms with Gasteiger partial charge >= 0.3 is 0 Å². The Kier molecular flexibility index (Phi) is 4.16. The summed E-state index contributed by atoms with van der Waals surface area (Å²) in [5.74, 6) is 3.10. The molecular weight excluding hydrogens is 354 g/mol. The Bertz CT molecular complexity index is 1010. The van der Waals surface area contributed by atoms with Crippen molar-refractivity contribution in [3.05, 3.63) is 24.3 Å². The van der Waals surface area contributed by atoms with Crippen molar-refractivity contribution >= 4 is 22.8 Å². The third-order valence-corrected chi connectivity index (χ3v) is 5.82. The smallest absolute Gasteiger partial charge is 0.219 e. The molecule has 0 atom stereocenters. The van der Waals surface area contributed by atoms with Crippen LogP contribution in [0.4, 0.5) is 11.8 Å². The number of imidazole rings is 1. The number of aromatic nitrogens is 5. The number of ether oxygens (including phenoxy) is 1. The highest BCUT2D eigenvalue weighted by Gasteiger charge is 2.44. The minimum atomic E-state index is 0.269. The SMILES string of the molecule is CC.Nc1ncc(-c2cc3nc4n(c3c(N3CC5CC3C5)n2)CCOC4)cn1. The molecule has 3 aromatic rings. The van der Waals surface area contributed by atoms with Crippen LogP contribution in [0.15, 0.2) is 18.5 Å². The maximum atomic E-state index is 5.63. The quantitative estimate of drug-likeness (QED) is 0.731. The van der Waals surface area contributed by atoms with Crippen LogP contribution >= 0.6 is 0 Å². The minimum absolute atomic E-state index is 0.269. The average molecular weight is 379 g/mol. The third-order valence-electron chi connectivity index (χ3n) is 5.82. The van der Waals surface area contributed by atoms with E-state index >= 15 is 0 Å². The molecule has 28 heavy (non-hydrogen) atoms. The van der Waals surface area contributed by atoms with Gasteiger partial charge in [-0.15, -0.1) is 0 Å². The van der Waals surface area contributed by atoms with E-state index in [1.165, 1.54) is 12.8 Å². The zero-order valence-corrected chi connectivity index (χ0v) is 16.3. The molecule has 2 bridgehead atoms. The second-order valence-electron chi connectivity index (χ2n) is 7.40. The molecule has 4 aliphatic rings. The van der Waals surface area contributed by atoms with Gasteiger partial charge in [-0.05, 0) is 24.8 Å².